The fraction of sp³-hybridized carbons (Fsp3) is 0.571. The van der Waals surface area contributed by atoms with Gasteiger partial charge in [0.1, 0.15) is 5.75 Å². The summed E-state index contributed by atoms with van der Waals surface area (Å²) in [5, 5.41) is 3.44. The molecule has 0 radical (unpaired) electrons. The van der Waals surface area contributed by atoms with E-state index in [1.165, 1.54) is 24.9 Å². The van der Waals surface area contributed by atoms with Crippen molar-refractivity contribution < 1.29 is 4.74 Å². The monoisotopic (exact) mass is 297 g/mol. The number of benzene rings is 1. The van der Waals surface area contributed by atoms with E-state index < -0.39 is 0 Å². The molecular weight excluding hydrogens is 278 g/mol. The molecule has 1 aromatic carbocycles. The molecule has 1 N–H and O–H groups in total. The predicted octanol–water partition coefficient (Wildman–Crippen LogP) is 3.53. The first kappa shape index (κ1) is 12.9. The molecule has 3 heteroatoms. The molecule has 1 heterocycles. The van der Waals surface area contributed by atoms with Crippen LogP contribution in [0, 0.1) is 12.8 Å². The Morgan fingerprint density at radius 2 is 2.35 bits per heavy atom. The van der Waals surface area contributed by atoms with E-state index in [2.05, 4.69) is 34.2 Å². The third-order valence-electron chi connectivity index (χ3n) is 3.32. The molecule has 1 aliphatic rings. The van der Waals surface area contributed by atoms with Gasteiger partial charge in [0.15, 0.2) is 0 Å². The predicted molar refractivity (Wildman–Crippen MR) is 74.6 cm³/mol. The molecule has 2 nitrogen and oxygen atoms in total. The Balaban J connectivity index is 1.75. The Morgan fingerprint density at radius 3 is 3.06 bits per heavy atom. The van der Waals surface area contributed by atoms with Crippen molar-refractivity contribution in [1.29, 1.82) is 0 Å². The standard InChI is InChI=1S/C14H20BrNO/c1-11-9-13(4-5-14(11)15)17-8-6-12-3-2-7-16-10-12/h4-5,9,12,16H,2-3,6-8,10H2,1H3. The van der Waals surface area contributed by atoms with Crippen molar-refractivity contribution in [2.45, 2.75) is 26.2 Å². The fourth-order valence-corrected chi connectivity index (χ4v) is 2.47. The van der Waals surface area contributed by atoms with Crippen LogP contribution in [-0.4, -0.2) is 19.7 Å². The number of piperidine rings is 1. The number of rotatable bonds is 4. The van der Waals surface area contributed by atoms with E-state index in [9.17, 15) is 0 Å². The average molecular weight is 298 g/mol. The van der Waals surface area contributed by atoms with Gasteiger partial charge in [0.05, 0.1) is 6.61 Å². The molecule has 0 bridgehead atoms. The number of hydrogen-bond donors (Lipinski definition) is 1. The molecule has 1 unspecified atom stereocenters. The lowest BCUT2D eigenvalue weighted by atomic mass is 9.97. The van der Waals surface area contributed by atoms with Crippen LogP contribution in [0.25, 0.3) is 0 Å². The van der Waals surface area contributed by atoms with E-state index in [-0.39, 0.29) is 0 Å². The van der Waals surface area contributed by atoms with Crippen LogP contribution in [0.15, 0.2) is 22.7 Å². The van der Waals surface area contributed by atoms with Gasteiger partial charge in [0.2, 0.25) is 0 Å². The highest BCUT2D eigenvalue weighted by Crippen LogP contribution is 2.22. The van der Waals surface area contributed by atoms with E-state index in [4.69, 9.17) is 4.74 Å². The molecule has 1 aromatic rings. The fourth-order valence-electron chi connectivity index (χ4n) is 2.22. The van der Waals surface area contributed by atoms with E-state index in [1.807, 2.05) is 12.1 Å². The van der Waals surface area contributed by atoms with Crippen LogP contribution in [0.3, 0.4) is 0 Å². The first-order valence-corrected chi connectivity index (χ1v) is 7.14. The van der Waals surface area contributed by atoms with Crippen LogP contribution in [0.2, 0.25) is 0 Å². The highest BCUT2D eigenvalue weighted by Gasteiger charge is 2.12. The van der Waals surface area contributed by atoms with Gasteiger partial charge in [-0.1, -0.05) is 15.9 Å². The molecule has 0 saturated carbocycles. The average Bonchev–Trinajstić information content (AvgIpc) is 2.35. The number of nitrogens with one attached hydrogen (secondary N) is 1. The molecule has 0 spiro atoms. The highest BCUT2D eigenvalue weighted by molar-refractivity contribution is 9.10. The lowest BCUT2D eigenvalue weighted by Gasteiger charge is -2.22. The molecular formula is C14H20BrNO. The zero-order valence-electron chi connectivity index (χ0n) is 10.3. The summed E-state index contributed by atoms with van der Waals surface area (Å²) in [5.41, 5.74) is 1.22. The van der Waals surface area contributed by atoms with Crippen molar-refractivity contribution >= 4 is 15.9 Å². The molecule has 0 amide bonds. The molecule has 1 atom stereocenters. The number of ether oxygens (including phenoxy) is 1. The minimum absolute atomic E-state index is 0.792. The molecule has 17 heavy (non-hydrogen) atoms. The van der Waals surface area contributed by atoms with Crippen molar-refractivity contribution in [3.8, 4) is 5.75 Å². The molecule has 1 aliphatic heterocycles. The van der Waals surface area contributed by atoms with Gasteiger partial charge in [-0.3, -0.25) is 0 Å². The Morgan fingerprint density at radius 1 is 1.47 bits per heavy atom. The van der Waals surface area contributed by atoms with E-state index in [1.54, 1.807) is 0 Å². The van der Waals surface area contributed by atoms with Crippen molar-refractivity contribution in [3.63, 3.8) is 0 Å². The van der Waals surface area contributed by atoms with Gasteiger partial charge in [0.25, 0.3) is 0 Å². The van der Waals surface area contributed by atoms with Gasteiger partial charge in [-0.2, -0.15) is 0 Å². The molecule has 1 fully saturated rings. The summed E-state index contributed by atoms with van der Waals surface area (Å²) in [6.45, 7) is 5.25. The molecule has 1 saturated heterocycles. The largest absolute Gasteiger partial charge is 0.494 e. The molecule has 0 aromatic heterocycles. The Kier molecular flexibility index (Phi) is 4.86. The van der Waals surface area contributed by atoms with Gasteiger partial charge < -0.3 is 10.1 Å². The van der Waals surface area contributed by atoms with Crippen LogP contribution in [0.4, 0.5) is 0 Å². The first-order chi connectivity index (χ1) is 8.25. The Bertz CT molecular complexity index is 361. The van der Waals surface area contributed by atoms with E-state index >= 15 is 0 Å². The number of hydrogen-bond acceptors (Lipinski definition) is 2. The zero-order chi connectivity index (χ0) is 12.1. The topological polar surface area (TPSA) is 21.3 Å². The van der Waals surface area contributed by atoms with Crippen LogP contribution >= 0.6 is 15.9 Å². The summed E-state index contributed by atoms with van der Waals surface area (Å²) in [6, 6.07) is 6.16. The minimum Gasteiger partial charge on any atom is -0.494 e. The van der Waals surface area contributed by atoms with Gasteiger partial charge in [0, 0.05) is 4.47 Å². The van der Waals surface area contributed by atoms with Crippen molar-refractivity contribution in [2.24, 2.45) is 5.92 Å². The maximum absolute atomic E-state index is 5.80. The second-order valence-corrected chi connectivity index (χ2v) is 5.61. The first-order valence-electron chi connectivity index (χ1n) is 6.35. The maximum atomic E-state index is 5.80. The van der Waals surface area contributed by atoms with Crippen LogP contribution < -0.4 is 10.1 Å². The van der Waals surface area contributed by atoms with E-state index in [0.29, 0.717) is 0 Å². The van der Waals surface area contributed by atoms with E-state index in [0.717, 1.165) is 35.7 Å². The third-order valence-corrected chi connectivity index (χ3v) is 4.21. The second kappa shape index (κ2) is 6.41. The van der Waals surface area contributed by atoms with Crippen LogP contribution in [0.5, 0.6) is 5.75 Å². The summed E-state index contributed by atoms with van der Waals surface area (Å²) in [4.78, 5) is 0. The summed E-state index contributed by atoms with van der Waals surface area (Å²) < 4.78 is 6.94. The number of halogens is 1. The quantitative estimate of drug-likeness (QED) is 0.918. The molecule has 94 valence electrons. The summed E-state index contributed by atoms with van der Waals surface area (Å²) in [6.07, 6.45) is 3.81. The van der Waals surface area contributed by atoms with Crippen LogP contribution in [0.1, 0.15) is 24.8 Å². The van der Waals surface area contributed by atoms with Crippen LogP contribution in [-0.2, 0) is 0 Å². The Labute approximate surface area is 112 Å². The molecule has 2 rings (SSSR count). The molecule has 0 aliphatic carbocycles. The van der Waals surface area contributed by atoms with Gasteiger partial charge >= 0.3 is 0 Å². The van der Waals surface area contributed by atoms with Gasteiger partial charge in [-0.25, -0.2) is 0 Å². The third kappa shape index (κ3) is 4.00. The van der Waals surface area contributed by atoms with Crippen molar-refractivity contribution in [2.75, 3.05) is 19.7 Å². The smallest absolute Gasteiger partial charge is 0.119 e. The lowest BCUT2D eigenvalue weighted by molar-refractivity contribution is 0.254. The van der Waals surface area contributed by atoms with Gasteiger partial charge in [-0.05, 0) is 69.0 Å². The van der Waals surface area contributed by atoms with Crippen molar-refractivity contribution in [3.05, 3.63) is 28.2 Å². The normalized spacial score (nSPS) is 20.2. The van der Waals surface area contributed by atoms with Crippen molar-refractivity contribution in [1.82, 2.24) is 5.32 Å². The number of aryl methyl sites for hydroxylation is 1. The maximum Gasteiger partial charge on any atom is 0.119 e. The zero-order valence-corrected chi connectivity index (χ0v) is 11.9. The highest BCUT2D eigenvalue weighted by atomic mass is 79.9. The SMILES string of the molecule is Cc1cc(OCCC2CCCNC2)ccc1Br. The lowest BCUT2D eigenvalue weighted by Crippen LogP contribution is -2.30. The summed E-state index contributed by atoms with van der Waals surface area (Å²) >= 11 is 3.50. The Hall–Kier alpha value is -0.540. The van der Waals surface area contributed by atoms with Gasteiger partial charge in [-0.15, -0.1) is 0 Å². The second-order valence-electron chi connectivity index (χ2n) is 4.76. The summed E-state index contributed by atoms with van der Waals surface area (Å²) in [5.74, 6) is 1.77. The minimum atomic E-state index is 0.792. The summed E-state index contributed by atoms with van der Waals surface area (Å²) in [7, 11) is 0.